The molecule has 0 unspecified atom stereocenters. The Hall–Kier alpha value is -2.50. The van der Waals surface area contributed by atoms with Gasteiger partial charge in [0.2, 0.25) is 5.91 Å². The lowest BCUT2D eigenvalue weighted by Gasteiger charge is -2.32. The normalized spacial score (nSPS) is 18.5. The van der Waals surface area contributed by atoms with Gasteiger partial charge in [-0.1, -0.05) is 31.7 Å². The number of hydrogen-bond donors (Lipinski definition) is 1. The van der Waals surface area contributed by atoms with Gasteiger partial charge in [0.1, 0.15) is 5.82 Å². The first-order chi connectivity index (χ1) is 13.7. The number of pyridine rings is 1. The molecule has 1 aliphatic heterocycles. The average Bonchev–Trinajstić information content (AvgIpc) is 3.26. The Balaban J connectivity index is 1.36. The summed E-state index contributed by atoms with van der Waals surface area (Å²) in [7, 11) is 0. The van der Waals surface area contributed by atoms with Gasteiger partial charge in [-0.25, -0.2) is 4.98 Å². The highest BCUT2D eigenvalue weighted by molar-refractivity contribution is 5.76. The molecule has 2 fully saturated rings. The highest BCUT2D eigenvalue weighted by Gasteiger charge is 2.26. The number of rotatable bonds is 5. The molecular formula is C22H28N4O2. The van der Waals surface area contributed by atoms with E-state index in [2.05, 4.69) is 15.0 Å². The second-order valence-electron chi connectivity index (χ2n) is 8.08. The molecule has 0 atom stereocenters. The lowest BCUT2D eigenvalue weighted by atomic mass is 9.95. The van der Waals surface area contributed by atoms with Gasteiger partial charge >= 0.3 is 0 Å². The first kappa shape index (κ1) is 18.8. The molecule has 4 rings (SSSR count). The molecule has 1 N–H and O–H groups in total. The molecule has 2 aromatic rings. The number of piperidine rings is 1. The maximum atomic E-state index is 12.5. The summed E-state index contributed by atoms with van der Waals surface area (Å²) in [4.78, 5) is 38.5. The molecule has 148 valence electrons. The molecule has 1 amide bonds. The number of carbonyl (C=O) groups excluding carboxylic acids is 1. The molecule has 0 bridgehead atoms. The Morgan fingerprint density at radius 2 is 1.89 bits per heavy atom. The summed E-state index contributed by atoms with van der Waals surface area (Å²) in [5, 5.41) is 0. The minimum absolute atomic E-state index is 0.152. The summed E-state index contributed by atoms with van der Waals surface area (Å²) in [5.41, 5.74) is 1.16. The second kappa shape index (κ2) is 8.67. The van der Waals surface area contributed by atoms with Crippen LogP contribution in [0.4, 0.5) is 0 Å². The molecule has 3 heterocycles. The van der Waals surface area contributed by atoms with E-state index in [1.807, 2.05) is 23.1 Å². The fourth-order valence-electron chi connectivity index (χ4n) is 4.50. The monoisotopic (exact) mass is 380 g/mol. The third-order valence-electron chi connectivity index (χ3n) is 6.16. The Kier molecular flexibility index (Phi) is 5.84. The summed E-state index contributed by atoms with van der Waals surface area (Å²) in [6, 6.07) is 7.09. The van der Waals surface area contributed by atoms with E-state index in [1.165, 1.54) is 31.7 Å². The highest BCUT2D eigenvalue weighted by Crippen LogP contribution is 2.30. The van der Waals surface area contributed by atoms with Crippen molar-refractivity contribution in [2.45, 2.75) is 57.3 Å². The van der Waals surface area contributed by atoms with E-state index in [0.717, 1.165) is 38.3 Å². The van der Waals surface area contributed by atoms with Crippen molar-refractivity contribution in [1.82, 2.24) is 19.9 Å². The van der Waals surface area contributed by atoms with Crippen molar-refractivity contribution < 1.29 is 4.79 Å². The fourth-order valence-corrected chi connectivity index (χ4v) is 4.50. The quantitative estimate of drug-likeness (QED) is 0.861. The summed E-state index contributed by atoms with van der Waals surface area (Å²) in [6.45, 7) is 1.48. The first-order valence-electron chi connectivity index (χ1n) is 10.5. The predicted octanol–water partition coefficient (Wildman–Crippen LogP) is 3.51. The molecule has 0 radical (unpaired) electrons. The van der Waals surface area contributed by atoms with E-state index in [0.29, 0.717) is 23.6 Å². The summed E-state index contributed by atoms with van der Waals surface area (Å²) in [6.07, 6.45) is 10.3. The fraction of sp³-hybridized carbons (Fsp3) is 0.545. The van der Waals surface area contributed by atoms with Crippen LogP contribution in [0, 0.1) is 5.92 Å². The number of carbonyl (C=O) groups is 1. The molecule has 0 spiro atoms. The Bertz CT molecular complexity index is 850. The summed E-state index contributed by atoms with van der Waals surface area (Å²) < 4.78 is 0. The number of hydrogen-bond acceptors (Lipinski definition) is 4. The number of H-pyrrole nitrogens is 1. The van der Waals surface area contributed by atoms with Crippen LogP contribution in [-0.4, -0.2) is 38.8 Å². The van der Waals surface area contributed by atoms with Gasteiger partial charge in [0, 0.05) is 37.7 Å². The lowest BCUT2D eigenvalue weighted by molar-refractivity contribution is -0.132. The largest absolute Gasteiger partial charge is 0.343 e. The molecule has 1 saturated carbocycles. The van der Waals surface area contributed by atoms with E-state index in [4.69, 9.17) is 0 Å². The van der Waals surface area contributed by atoms with Gasteiger partial charge in [-0.3, -0.25) is 14.6 Å². The van der Waals surface area contributed by atoms with Crippen LogP contribution in [0.3, 0.4) is 0 Å². The second-order valence-corrected chi connectivity index (χ2v) is 8.08. The summed E-state index contributed by atoms with van der Waals surface area (Å²) >= 11 is 0. The van der Waals surface area contributed by atoms with E-state index in [-0.39, 0.29) is 17.4 Å². The zero-order valence-corrected chi connectivity index (χ0v) is 16.3. The minimum atomic E-state index is -0.152. The van der Waals surface area contributed by atoms with Crippen LogP contribution in [0.1, 0.15) is 63.1 Å². The van der Waals surface area contributed by atoms with E-state index in [9.17, 15) is 9.59 Å². The number of nitrogens with zero attached hydrogens (tertiary/aromatic N) is 3. The highest BCUT2D eigenvalue weighted by atomic mass is 16.2. The standard InChI is InChI=1S/C22H28N4O2/c27-20-15-19(18-7-3-4-12-23-18)24-22(25-20)17-10-13-26(14-11-17)21(28)9-8-16-5-1-2-6-16/h3-4,7,12,15-17H,1-2,5-6,8-11,13-14H2,(H,24,25,27). The van der Waals surface area contributed by atoms with Crippen molar-refractivity contribution in [3.8, 4) is 11.4 Å². The molecule has 1 saturated heterocycles. The van der Waals surface area contributed by atoms with Crippen LogP contribution in [0.15, 0.2) is 35.3 Å². The van der Waals surface area contributed by atoms with Crippen LogP contribution < -0.4 is 5.56 Å². The van der Waals surface area contributed by atoms with Crippen molar-refractivity contribution in [2.24, 2.45) is 5.92 Å². The van der Waals surface area contributed by atoms with Gasteiger partial charge in [-0.05, 0) is 37.3 Å². The third kappa shape index (κ3) is 4.49. The number of likely N-dealkylation sites (tertiary alicyclic amines) is 1. The van der Waals surface area contributed by atoms with E-state index < -0.39 is 0 Å². The Morgan fingerprint density at radius 3 is 2.61 bits per heavy atom. The zero-order chi connectivity index (χ0) is 19.3. The van der Waals surface area contributed by atoms with Gasteiger partial charge in [0.25, 0.3) is 5.56 Å². The van der Waals surface area contributed by atoms with Gasteiger partial charge in [0.15, 0.2) is 0 Å². The van der Waals surface area contributed by atoms with Crippen LogP contribution in [0.25, 0.3) is 11.4 Å². The molecule has 1 aliphatic carbocycles. The van der Waals surface area contributed by atoms with Crippen molar-refractivity contribution in [1.29, 1.82) is 0 Å². The van der Waals surface area contributed by atoms with Crippen molar-refractivity contribution in [3.63, 3.8) is 0 Å². The third-order valence-corrected chi connectivity index (χ3v) is 6.16. The number of aromatic amines is 1. The van der Waals surface area contributed by atoms with Gasteiger partial charge in [-0.2, -0.15) is 0 Å². The molecule has 6 nitrogen and oxygen atoms in total. The topological polar surface area (TPSA) is 79.0 Å². The van der Waals surface area contributed by atoms with Crippen molar-refractivity contribution >= 4 is 5.91 Å². The zero-order valence-electron chi connectivity index (χ0n) is 16.3. The molecular weight excluding hydrogens is 352 g/mol. The summed E-state index contributed by atoms with van der Waals surface area (Å²) in [5.74, 6) is 1.93. The molecule has 2 aromatic heterocycles. The molecule has 0 aromatic carbocycles. The van der Waals surface area contributed by atoms with Crippen LogP contribution >= 0.6 is 0 Å². The molecule has 28 heavy (non-hydrogen) atoms. The predicted molar refractivity (Wildman–Crippen MR) is 108 cm³/mol. The van der Waals surface area contributed by atoms with Gasteiger partial charge in [-0.15, -0.1) is 0 Å². The lowest BCUT2D eigenvalue weighted by Crippen LogP contribution is -2.38. The SMILES string of the molecule is O=C(CCC1CCCC1)N1CCC(c2nc(-c3ccccn3)cc(=O)[nH]2)CC1. The Morgan fingerprint density at radius 1 is 1.11 bits per heavy atom. The van der Waals surface area contributed by atoms with E-state index in [1.54, 1.807) is 6.20 Å². The van der Waals surface area contributed by atoms with Crippen LogP contribution in [0.2, 0.25) is 0 Å². The maximum absolute atomic E-state index is 12.5. The van der Waals surface area contributed by atoms with Crippen molar-refractivity contribution in [3.05, 3.63) is 46.6 Å². The number of amides is 1. The molecule has 2 aliphatic rings. The van der Waals surface area contributed by atoms with Gasteiger partial charge < -0.3 is 9.88 Å². The Labute approximate surface area is 165 Å². The first-order valence-corrected chi connectivity index (χ1v) is 10.5. The number of nitrogens with one attached hydrogen (secondary N) is 1. The van der Waals surface area contributed by atoms with Crippen LogP contribution in [-0.2, 0) is 4.79 Å². The maximum Gasteiger partial charge on any atom is 0.251 e. The van der Waals surface area contributed by atoms with Gasteiger partial charge in [0.05, 0.1) is 11.4 Å². The minimum Gasteiger partial charge on any atom is -0.343 e. The van der Waals surface area contributed by atoms with Crippen LogP contribution in [0.5, 0.6) is 0 Å². The number of aromatic nitrogens is 3. The average molecular weight is 380 g/mol. The van der Waals surface area contributed by atoms with Crippen molar-refractivity contribution in [2.75, 3.05) is 13.1 Å². The smallest absolute Gasteiger partial charge is 0.251 e. The van der Waals surface area contributed by atoms with E-state index >= 15 is 0 Å². The molecule has 6 heteroatoms.